The molecule has 0 radical (unpaired) electrons. The fourth-order valence-electron chi connectivity index (χ4n) is 1.54. The van der Waals surface area contributed by atoms with Gasteiger partial charge in [0.1, 0.15) is 0 Å². The molecule has 0 saturated heterocycles. The van der Waals surface area contributed by atoms with Gasteiger partial charge in [0, 0.05) is 16.6 Å². The van der Waals surface area contributed by atoms with E-state index in [0.29, 0.717) is 16.4 Å². The lowest BCUT2D eigenvalue weighted by Gasteiger charge is -2.03. The van der Waals surface area contributed by atoms with E-state index in [4.69, 9.17) is 5.11 Å². The van der Waals surface area contributed by atoms with E-state index in [9.17, 15) is 9.59 Å². The summed E-state index contributed by atoms with van der Waals surface area (Å²) in [6, 6.07) is 7.08. The van der Waals surface area contributed by atoms with Crippen LogP contribution in [0.3, 0.4) is 0 Å². The minimum Gasteiger partial charge on any atom is -0.481 e. The Morgan fingerprint density at radius 3 is 2.89 bits per heavy atom. The average molecular weight is 276 g/mol. The second-order valence-corrected chi connectivity index (χ2v) is 4.83. The number of aromatic nitrogens is 1. The highest BCUT2D eigenvalue weighted by Gasteiger charge is 2.07. The Bertz CT molecular complexity index is 622. The molecule has 1 aromatic carbocycles. The molecule has 1 aromatic heterocycles. The zero-order valence-electron chi connectivity index (χ0n) is 10.2. The molecule has 0 aliphatic carbocycles. The predicted octanol–water partition coefficient (Wildman–Crippen LogP) is 2.72. The van der Waals surface area contributed by atoms with Crippen molar-refractivity contribution in [2.45, 2.75) is 13.3 Å². The molecule has 0 bridgehead atoms. The fraction of sp³-hybridized carbons (Fsp3) is 0.154. The summed E-state index contributed by atoms with van der Waals surface area (Å²) in [4.78, 5) is 26.0. The van der Waals surface area contributed by atoms with Crippen LogP contribution in [-0.4, -0.2) is 21.8 Å². The van der Waals surface area contributed by atoms with Crippen LogP contribution in [-0.2, 0) is 11.2 Å². The molecule has 5 nitrogen and oxygen atoms in total. The highest BCUT2D eigenvalue weighted by Crippen LogP contribution is 2.22. The Morgan fingerprint density at radius 1 is 1.42 bits per heavy atom. The lowest BCUT2D eigenvalue weighted by atomic mass is 10.1. The van der Waals surface area contributed by atoms with Gasteiger partial charge < -0.3 is 10.4 Å². The lowest BCUT2D eigenvalue weighted by molar-refractivity contribution is -0.136. The number of hydrogen-bond acceptors (Lipinski definition) is 5. The largest absolute Gasteiger partial charge is 0.481 e. The van der Waals surface area contributed by atoms with Crippen molar-refractivity contribution in [1.82, 2.24) is 4.98 Å². The van der Waals surface area contributed by atoms with E-state index in [-0.39, 0.29) is 12.2 Å². The van der Waals surface area contributed by atoms with Crippen molar-refractivity contribution in [3.63, 3.8) is 0 Å². The number of Topliss-reactive ketones (excluding diaryl/α,β-unsaturated/α-hetero) is 1. The van der Waals surface area contributed by atoms with Gasteiger partial charge in [-0.3, -0.25) is 9.59 Å². The maximum atomic E-state index is 11.3. The van der Waals surface area contributed by atoms with Crippen LogP contribution >= 0.6 is 11.3 Å². The van der Waals surface area contributed by atoms with Crippen LogP contribution < -0.4 is 5.32 Å². The second-order valence-electron chi connectivity index (χ2n) is 3.98. The highest BCUT2D eigenvalue weighted by atomic mass is 32.1. The van der Waals surface area contributed by atoms with Crippen LogP contribution in [0.1, 0.15) is 23.0 Å². The topological polar surface area (TPSA) is 79.3 Å². The van der Waals surface area contributed by atoms with Crippen molar-refractivity contribution in [1.29, 1.82) is 0 Å². The number of ketones is 1. The number of anilines is 2. The molecule has 0 aliphatic rings. The third-order valence-electron chi connectivity index (χ3n) is 2.40. The number of carbonyl (C=O) groups excluding carboxylic acids is 1. The molecule has 19 heavy (non-hydrogen) atoms. The van der Waals surface area contributed by atoms with Gasteiger partial charge >= 0.3 is 5.97 Å². The SMILES string of the molecule is CC(=O)c1cccc(Nc2nc(CC(=O)O)cs2)c1. The van der Waals surface area contributed by atoms with Gasteiger partial charge in [-0.1, -0.05) is 12.1 Å². The number of carboxylic acid groups (broad SMARTS) is 1. The predicted molar refractivity (Wildman–Crippen MR) is 73.2 cm³/mol. The van der Waals surface area contributed by atoms with Crippen LogP contribution in [0.4, 0.5) is 10.8 Å². The van der Waals surface area contributed by atoms with Crippen LogP contribution in [0.25, 0.3) is 0 Å². The van der Waals surface area contributed by atoms with Crippen LogP contribution in [0, 0.1) is 0 Å². The summed E-state index contributed by atoms with van der Waals surface area (Å²) in [6.07, 6.45) is -0.0916. The fourth-order valence-corrected chi connectivity index (χ4v) is 2.27. The molecule has 0 amide bonds. The Balaban J connectivity index is 2.12. The third kappa shape index (κ3) is 3.62. The molecule has 0 spiro atoms. The zero-order valence-corrected chi connectivity index (χ0v) is 11.0. The first-order chi connectivity index (χ1) is 9.04. The quantitative estimate of drug-likeness (QED) is 0.821. The van der Waals surface area contributed by atoms with E-state index in [0.717, 1.165) is 5.69 Å². The maximum Gasteiger partial charge on any atom is 0.309 e. The zero-order chi connectivity index (χ0) is 13.8. The summed E-state index contributed by atoms with van der Waals surface area (Å²) in [6.45, 7) is 1.51. The van der Waals surface area contributed by atoms with Crippen molar-refractivity contribution in [3.05, 3.63) is 40.9 Å². The first-order valence-corrected chi connectivity index (χ1v) is 6.47. The summed E-state index contributed by atoms with van der Waals surface area (Å²) >= 11 is 1.33. The average Bonchev–Trinajstić information content (AvgIpc) is 2.76. The van der Waals surface area contributed by atoms with Crippen LogP contribution in [0.2, 0.25) is 0 Å². The Morgan fingerprint density at radius 2 is 2.21 bits per heavy atom. The standard InChI is InChI=1S/C13H12N2O3S/c1-8(16)9-3-2-4-10(5-9)14-13-15-11(7-19-13)6-12(17)18/h2-5,7H,6H2,1H3,(H,14,15)(H,17,18). The van der Waals surface area contributed by atoms with Gasteiger partial charge in [0.05, 0.1) is 12.1 Å². The van der Waals surface area contributed by atoms with Crippen molar-refractivity contribution in [2.75, 3.05) is 5.32 Å². The van der Waals surface area contributed by atoms with E-state index in [2.05, 4.69) is 10.3 Å². The molecular formula is C13H12N2O3S. The van der Waals surface area contributed by atoms with E-state index in [1.807, 2.05) is 6.07 Å². The summed E-state index contributed by atoms with van der Waals surface area (Å²) in [5.74, 6) is -0.912. The van der Waals surface area contributed by atoms with Gasteiger partial charge in [-0.25, -0.2) is 4.98 Å². The number of hydrogen-bond donors (Lipinski definition) is 2. The molecule has 6 heteroatoms. The number of rotatable bonds is 5. The van der Waals surface area contributed by atoms with Gasteiger partial charge in [-0.05, 0) is 19.1 Å². The number of carbonyl (C=O) groups is 2. The molecule has 2 rings (SSSR count). The number of thiazole rings is 1. The Labute approximate surface area is 113 Å². The number of nitrogens with zero attached hydrogens (tertiary/aromatic N) is 1. The van der Waals surface area contributed by atoms with Crippen LogP contribution in [0.5, 0.6) is 0 Å². The van der Waals surface area contributed by atoms with Crippen LogP contribution in [0.15, 0.2) is 29.6 Å². The lowest BCUT2D eigenvalue weighted by Crippen LogP contribution is -2.00. The molecule has 98 valence electrons. The highest BCUT2D eigenvalue weighted by molar-refractivity contribution is 7.13. The summed E-state index contributed by atoms with van der Waals surface area (Å²) in [7, 11) is 0. The van der Waals surface area contributed by atoms with Crippen molar-refractivity contribution in [2.24, 2.45) is 0 Å². The first kappa shape index (κ1) is 13.2. The minimum absolute atomic E-state index is 0.00523. The van der Waals surface area contributed by atoms with E-state index >= 15 is 0 Å². The molecule has 2 aromatic rings. The van der Waals surface area contributed by atoms with Gasteiger partial charge in [-0.15, -0.1) is 11.3 Å². The van der Waals surface area contributed by atoms with E-state index in [1.165, 1.54) is 18.3 Å². The maximum absolute atomic E-state index is 11.3. The molecule has 0 fully saturated rings. The van der Waals surface area contributed by atoms with E-state index < -0.39 is 5.97 Å². The molecule has 0 saturated carbocycles. The Kier molecular flexibility index (Phi) is 3.91. The molecular weight excluding hydrogens is 264 g/mol. The number of nitrogens with one attached hydrogen (secondary N) is 1. The van der Waals surface area contributed by atoms with Gasteiger partial charge in [0.2, 0.25) is 0 Å². The van der Waals surface area contributed by atoms with Crippen molar-refractivity contribution in [3.8, 4) is 0 Å². The molecule has 0 atom stereocenters. The summed E-state index contributed by atoms with van der Waals surface area (Å²) in [5, 5.41) is 14.0. The number of aliphatic carboxylic acids is 1. The number of benzene rings is 1. The molecule has 0 aliphatic heterocycles. The normalized spacial score (nSPS) is 10.2. The summed E-state index contributed by atoms with van der Waals surface area (Å²) < 4.78 is 0. The monoisotopic (exact) mass is 276 g/mol. The minimum atomic E-state index is -0.907. The van der Waals surface area contributed by atoms with Gasteiger partial charge in [-0.2, -0.15) is 0 Å². The smallest absolute Gasteiger partial charge is 0.309 e. The second kappa shape index (κ2) is 5.62. The van der Waals surface area contributed by atoms with Gasteiger partial charge in [0.25, 0.3) is 0 Å². The Hall–Kier alpha value is -2.21. The molecule has 2 N–H and O–H groups in total. The third-order valence-corrected chi connectivity index (χ3v) is 3.21. The van der Waals surface area contributed by atoms with Crippen molar-refractivity contribution < 1.29 is 14.7 Å². The number of carboxylic acids is 1. The molecule has 1 heterocycles. The van der Waals surface area contributed by atoms with E-state index in [1.54, 1.807) is 23.6 Å². The van der Waals surface area contributed by atoms with Crippen molar-refractivity contribution >= 4 is 33.9 Å². The van der Waals surface area contributed by atoms with Gasteiger partial charge in [0.15, 0.2) is 10.9 Å². The summed E-state index contributed by atoms with van der Waals surface area (Å²) in [5.41, 5.74) is 1.89. The molecule has 0 unspecified atom stereocenters. The first-order valence-electron chi connectivity index (χ1n) is 5.59.